The summed E-state index contributed by atoms with van der Waals surface area (Å²) in [4.78, 5) is 16.6. The van der Waals surface area contributed by atoms with Crippen LogP contribution in [0.4, 0.5) is 4.39 Å². The molecule has 25 heavy (non-hydrogen) atoms. The second kappa shape index (κ2) is 7.06. The van der Waals surface area contributed by atoms with E-state index in [0.29, 0.717) is 18.7 Å². The Morgan fingerprint density at radius 2 is 2.12 bits per heavy atom. The van der Waals surface area contributed by atoms with Gasteiger partial charge in [-0.3, -0.25) is 4.79 Å². The molecule has 1 heterocycles. The minimum atomic E-state index is -0.712. The van der Waals surface area contributed by atoms with Gasteiger partial charge < -0.3 is 20.3 Å². The van der Waals surface area contributed by atoms with Crippen LogP contribution in [0.15, 0.2) is 36.5 Å². The highest BCUT2D eigenvalue weighted by molar-refractivity contribution is 5.95. The molecule has 1 saturated carbocycles. The van der Waals surface area contributed by atoms with Gasteiger partial charge in [-0.2, -0.15) is 0 Å². The third-order valence-corrected chi connectivity index (χ3v) is 4.43. The number of phenolic OH excluding ortho intramolecular Hbond substituents is 1. The number of aliphatic hydroxyl groups is 1. The molecule has 1 aliphatic carbocycles. The lowest BCUT2D eigenvalue weighted by molar-refractivity contribution is 0.0234. The highest BCUT2D eigenvalue weighted by Crippen LogP contribution is 2.38. The van der Waals surface area contributed by atoms with E-state index in [4.69, 9.17) is 4.74 Å². The molecule has 132 valence electrons. The topological polar surface area (TPSA) is 91.7 Å². The number of nitrogens with zero attached hydrogens (tertiary/aromatic N) is 1. The van der Waals surface area contributed by atoms with Crippen LogP contribution in [0.2, 0.25) is 0 Å². The number of benzene rings is 1. The van der Waals surface area contributed by atoms with E-state index in [0.717, 1.165) is 17.7 Å². The summed E-state index contributed by atoms with van der Waals surface area (Å²) in [6.07, 6.45) is 2.28. The van der Waals surface area contributed by atoms with Crippen molar-refractivity contribution in [3.63, 3.8) is 0 Å². The predicted molar refractivity (Wildman–Crippen MR) is 87.8 cm³/mol. The van der Waals surface area contributed by atoms with Crippen LogP contribution in [0.5, 0.6) is 11.6 Å². The van der Waals surface area contributed by atoms with Crippen molar-refractivity contribution in [3.8, 4) is 11.6 Å². The lowest BCUT2D eigenvalue weighted by atomic mass is 9.75. The van der Waals surface area contributed by atoms with Gasteiger partial charge in [-0.15, -0.1) is 0 Å². The molecule has 1 fully saturated rings. The third kappa shape index (κ3) is 3.71. The molecule has 0 saturated heterocycles. The lowest BCUT2D eigenvalue weighted by Crippen LogP contribution is -2.41. The van der Waals surface area contributed by atoms with Crippen LogP contribution in [0.25, 0.3) is 0 Å². The van der Waals surface area contributed by atoms with E-state index in [1.54, 1.807) is 18.3 Å². The summed E-state index contributed by atoms with van der Waals surface area (Å²) in [6, 6.07) is 6.35. The fourth-order valence-electron chi connectivity index (χ4n) is 2.98. The van der Waals surface area contributed by atoms with Crippen molar-refractivity contribution in [3.05, 3.63) is 53.5 Å². The molecule has 7 heteroatoms. The van der Waals surface area contributed by atoms with Gasteiger partial charge in [0, 0.05) is 12.3 Å². The molecule has 1 atom stereocenters. The van der Waals surface area contributed by atoms with E-state index in [-0.39, 0.29) is 17.2 Å². The maximum absolute atomic E-state index is 13.9. The number of ether oxygens (including phenoxy) is 1. The van der Waals surface area contributed by atoms with E-state index in [1.165, 1.54) is 13.2 Å². The van der Waals surface area contributed by atoms with Gasteiger partial charge in [-0.25, -0.2) is 9.37 Å². The quantitative estimate of drug-likeness (QED) is 0.772. The van der Waals surface area contributed by atoms with Gasteiger partial charge in [0.15, 0.2) is 0 Å². The summed E-state index contributed by atoms with van der Waals surface area (Å²) in [6.45, 7) is 0. The molecule has 1 aromatic heterocycles. The van der Waals surface area contributed by atoms with Gasteiger partial charge in [0.2, 0.25) is 5.88 Å². The van der Waals surface area contributed by atoms with Crippen molar-refractivity contribution in [1.29, 1.82) is 0 Å². The zero-order valence-corrected chi connectivity index (χ0v) is 13.6. The second-order valence-electron chi connectivity index (χ2n) is 6.13. The van der Waals surface area contributed by atoms with E-state index in [2.05, 4.69) is 10.3 Å². The number of nitrogens with one attached hydrogen (secondary N) is 1. The molecule has 2 aromatic rings. The number of phenols is 1. The van der Waals surface area contributed by atoms with E-state index >= 15 is 0 Å². The molecule has 1 aromatic carbocycles. The summed E-state index contributed by atoms with van der Waals surface area (Å²) in [7, 11) is 1.51. The molecule has 0 radical (unpaired) electrons. The minimum Gasteiger partial charge on any atom is -0.508 e. The predicted octanol–water partition coefficient (Wildman–Crippen LogP) is 2.18. The molecule has 3 N–H and O–H groups in total. The number of carbonyl (C=O) groups excluding carboxylic acids is 1. The summed E-state index contributed by atoms with van der Waals surface area (Å²) in [5, 5.41) is 21.9. The van der Waals surface area contributed by atoms with Gasteiger partial charge in [0.1, 0.15) is 11.6 Å². The average Bonchev–Trinajstić information content (AvgIpc) is 2.59. The Bertz CT molecular complexity index is 760. The van der Waals surface area contributed by atoms with Gasteiger partial charge in [-0.05, 0) is 42.5 Å². The van der Waals surface area contributed by atoms with Crippen molar-refractivity contribution in [1.82, 2.24) is 10.3 Å². The minimum absolute atomic E-state index is 0.0227. The number of aromatic hydroxyl groups is 1. The first kappa shape index (κ1) is 17.2. The van der Waals surface area contributed by atoms with Crippen molar-refractivity contribution in [2.75, 3.05) is 7.11 Å². The fraction of sp³-hybridized carbons (Fsp3) is 0.333. The summed E-state index contributed by atoms with van der Waals surface area (Å²) < 4.78 is 18.9. The van der Waals surface area contributed by atoms with Gasteiger partial charge in [-0.1, -0.05) is 6.07 Å². The first-order valence-electron chi connectivity index (χ1n) is 7.95. The monoisotopic (exact) mass is 346 g/mol. The summed E-state index contributed by atoms with van der Waals surface area (Å²) >= 11 is 0. The number of amides is 1. The largest absolute Gasteiger partial charge is 0.508 e. The first-order chi connectivity index (χ1) is 12.0. The Morgan fingerprint density at radius 3 is 2.72 bits per heavy atom. The van der Waals surface area contributed by atoms with E-state index < -0.39 is 23.9 Å². The molecule has 1 aliphatic rings. The van der Waals surface area contributed by atoms with Crippen LogP contribution >= 0.6 is 0 Å². The Kier molecular flexibility index (Phi) is 4.85. The molecule has 0 spiro atoms. The molecule has 0 unspecified atom stereocenters. The standard InChI is InChI=1S/C18H19FN2O4/c1-25-16-5-2-10(9-20-16)17(11-6-13(23)7-11)21-18(24)14-8-12(22)3-4-15(14)19/h2-5,8-9,11,13,17,22-23H,6-7H2,1H3,(H,21,24)/t11?,13?,17-/m1/s1. The van der Waals surface area contributed by atoms with Crippen LogP contribution in [0, 0.1) is 11.7 Å². The lowest BCUT2D eigenvalue weighted by Gasteiger charge is -2.38. The Hall–Kier alpha value is -2.67. The van der Waals surface area contributed by atoms with Crippen molar-refractivity contribution < 1.29 is 24.1 Å². The molecule has 0 aliphatic heterocycles. The number of hydrogen-bond donors (Lipinski definition) is 3. The third-order valence-electron chi connectivity index (χ3n) is 4.43. The number of hydrogen-bond acceptors (Lipinski definition) is 5. The number of aromatic nitrogens is 1. The van der Waals surface area contributed by atoms with Crippen LogP contribution in [0.3, 0.4) is 0 Å². The highest BCUT2D eigenvalue weighted by Gasteiger charge is 2.36. The highest BCUT2D eigenvalue weighted by atomic mass is 19.1. The van der Waals surface area contributed by atoms with Gasteiger partial charge in [0.25, 0.3) is 5.91 Å². The maximum atomic E-state index is 13.9. The average molecular weight is 346 g/mol. The number of aliphatic hydroxyl groups excluding tert-OH is 1. The Morgan fingerprint density at radius 1 is 1.36 bits per heavy atom. The molecule has 3 rings (SSSR count). The van der Waals surface area contributed by atoms with Crippen LogP contribution in [-0.4, -0.2) is 34.3 Å². The molecule has 1 amide bonds. The van der Waals surface area contributed by atoms with Crippen LogP contribution < -0.4 is 10.1 Å². The molecular weight excluding hydrogens is 327 g/mol. The summed E-state index contributed by atoms with van der Waals surface area (Å²) in [5.41, 5.74) is 0.512. The number of rotatable bonds is 5. The molecular formula is C18H19FN2O4. The zero-order valence-electron chi connectivity index (χ0n) is 13.6. The van der Waals surface area contributed by atoms with Crippen LogP contribution in [0.1, 0.15) is 34.8 Å². The Balaban J connectivity index is 1.84. The zero-order chi connectivity index (χ0) is 18.0. The van der Waals surface area contributed by atoms with E-state index in [1.807, 2.05) is 0 Å². The second-order valence-corrected chi connectivity index (χ2v) is 6.13. The normalized spacial score (nSPS) is 20.4. The van der Waals surface area contributed by atoms with Crippen molar-refractivity contribution in [2.45, 2.75) is 25.0 Å². The fourth-order valence-corrected chi connectivity index (χ4v) is 2.98. The first-order valence-corrected chi connectivity index (χ1v) is 7.95. The number of methoxy groups -OCH3 is 1. The number of carbonyl (C=O) groups is 1. The smallest absolute Gasteiger partial charge is 0.254 e. The Labute approximate surface area is 144 Å². The molecule has 6 nitrogen and oxygen atoms in total. The SMILES string of the molecule is COc1ccc([C@@H](NC(=O)c2cc(O)ccc2F)C2CC(O)C2)cn1. The summed E-state index contributed by atoms with van der Waals surface area (Å²) in [5.74, 6) is -1.06. The van der Waals surface area contributed by atoms with Crippen molar-refractivity contribution >= 4 is 5.91 Å². The van der Waals surface area contributed by atoms with Crippen molar-refractivity contribution in [2.24, 2.45) is 5.92 Å². The molecule has 0 bridgehead atoms. The number of halogens is 1. The van der Waals surface area contributed by atoms with Crippen LogP contribution in [-0.2, 0) is 0 Å². The maximum Gasteiger partial charge on any atom is 0.254 e. The van der Waals surface area contributed by atoms with Gasteiger partial charge >= 0.3 is 0 Å². The van der Waals surface area contributed by atoms with Gasteiger partial charge in [0.05, 0.1) is 24.8 Å². The number of pyridine rings is 1. The van der Waals surface area contributed by atoms with E-state index in [9.17, 15) is 19.4 Å².